The molecule has 0 unspecified atom stereocenters. The van der Waals surface area contributed by atoms with Gasteiger partial charge in [0.1, 0.15) is 5.00 Å². The predicted molar refractivity (Wildman–Crippen MR) is 127 cm³/mol. The molecule has 10 heteroatoms. The van der Waals surface area contributed by atoms with Gasteiger partial charge in [-0.1, -0.05) is 18.2 Å². The van der Waals surface area contributed by atoms with Gasteiger partial charge in [0.2, 0.25) is 0 Å². The largest absolute Gasteiger partial charge is 0.462 e. The van der Waals surface area contributed by atoms with Crippen LogP contribution in [-0.4, -0.2) is 37.0 Å². The Kier molecular flexibility index (Phi) is 8.34. The number of carbonyl (C=O) groups is 4. The Bertz CT molecular complexity index is 1140. The average Bonchev–Trinajstić information content (AvgIpc) is 3.40. The third-order valence-corrected chi connectivity index (χ3v) is 6.35. The van der Waals surface area contributed by atoms with Crippen molar-refractivity contribution in [2.24, 2.45) is 0 Å². The van der Waals surface area contributed by atoms with Gasteiger partial charge in [-0.2, -0.15) is 11.3 Å². The molecule has 0 aliphatic carbocycles. The van der Waals surface area contributed by atoms with Crippen molar-refractivity contribution in [3.63, 3.8) is 0 Å². The normalized spacial score (nSPS) is 10.4. The second-order valence-corrected chi connectivity index (χ2v) is 8.62. The van der Waals surface area contributed by atoms with E-state index in [1.807, 2.05) is 16.8 Å². The number of anilines is 2. The van der Waals surface area contributed by atoms with E-state index in [0.717, 1.165) is 16.9 Å². The van der Waals surface area contributed by atoms with Crippen LogP contribution in [0.5, 0.6) is 0 Å². The maximum absolute atomic E-state index is 12.8. The number of carbonyl (C=O) groups excluding carboxylic acids is 4. The molecule has 172 valence electrons. The molecular weight excluding hydrogens is 464 g/mol. The van der Waals surface area contributed by atoms with Gasteiger partial charge in [0.25, 0.3) is 11.8 Å². The number of esters is 2. The number of thiophene rings is 2. The number of hydrogen-bond donors (Lipinski definition) is 2. The molecule has 2 aromatic heterocycles. The van der Waals surface area contributed by atoms with Crippen molar-refractivity contribution in [2.45, 2.75) is 20.3 Å². The number of para-hydroxylation sites is 1. The van der Waals surface area contributed by atoms with E-state index < -0.39 is 30.4 Å². The average molecular weight is 487 g/mol. The van der Waals surface area contributed by atoms with Crippen LogP contribution in [-0.2, 0) is 25.5 Å². The third kappa shape index (κ3) is 6.50. The molecule has 0 radical (unpaired) electrons. The first-order chi connectivity index (χ1) is 15.9. The van der Waals surface area contributed by atoms with Gasteiger partial charge < -0.3 is 20.1 Å². The lowest BCUT2D eigenvalue weighted by Crippen LogP contribution is -2.22. The zero-order valence-electron chi connectivity index (χ0n) is 18.0. The summed E-state index contributed by atoms with van der Waals surface area (Å²) in [4.78, 5) is 49.9. The molecule has 3 rings (SSSR count). The number of benzene rings is 1. The molecule has 0 spiro atoms. The summed E-state index contributed by atoms with van der Waals surface area (Å²) in [5.41, 5.74) is 1.88. The van der Waals surface area contributed by atoms with Gasteiger partial charge in [0.15, 0.2) is 6.61 Å². The minimum atomic E-state index is -0.658. The van der Waals surface area contributed by atoms with Crippen molar-refractivity contribution in [1.82, 2.24) is 0 Å². The molecule has 2 amide bonds. The SMILES string of the molecule is CCOC(=O)c1c(NC(=O)COC(=O)Cc2ccsc2)sc(C(=O)Nc2ccccc2)c1C. The molecule has 8 nitrogen and oxygen atoms in total. The smallest absolute Gasteiger partial charge is 0.341 e. The van der Waals surface area contributed by atoms with Crippen LogP contribution in [0.3, 0.4) is 0 Å². The summed E-state index contributed by atoms with van der Waals surface area (Å²) >= 11 is 2.41. The summed E-state index contributed by atoms with van der Waals surface area (Å²) in [6.45, 7) is 2.88. The van der Waals surface area contributed by atoms with Crippen molar-refractivity contribution in [3.8, 4) is 0 Å². The molecule has 0 saturated carbocycles. The Morgan fingerprint density at radius 2 is 1.76 bits per heavy atom. The maximum Gasteiger partial charge on any atom is 0.341 e. The molecule has 1 aromatic carbocycles. The molecular formula is C23H22N2O6S2. The Morgan fingerprint density at radius 3 is 2.42 bits per heavy atom. The highest BCUT2D eigenvalue weighted by molar-refractivity contribution is 7.19. The van der Waals surface area contributed by atoms with Crippen molar-refractivity contribution in [3.05, 3.63) is 68.7 Å². The van der Waals surface area contributed by atoms with Crippen LogP contribution >= 0.6 is 22.7 Å². The molecule has 2 heterocycles. The van der Waals surface area contributed by atoms with Gasteiger partial charge in [-0.15, -0.1) is 11.3 Å². The number of ether oxygens (including phenoxy) is 2. The van der Waals surface area contributed by atoms with E-state index in [9.17, 15) is 19.2 Å². The van der Waals surface area contributed by atoms with Crippen LogP contribution in [0, 0.1) is 6.92 Å². The van der Waals surface area contributed by atoms with E-state index in [-0.39, 0.29) is 28.5 Å². The number of rotatable bonds is 9. The molecule has 3 aromatic rings. The van der Waals surface area contributed by atoms with Gasteiger partial charge in [-0.3, -0.25) is 14.4 Å². The first-order valence-corrected chi connectivity index (χ1v) is 11.8. The second kappa shape index (κ2) is 11.4. The highest BCUT2D eigenvalue weighted by atomic mass is 32.1. The molecule has 0 aliphatic rings. The summed E-state index contributed by atoms with van der Waals surface area (Å²) in [5, 5.41) is 9.15. The molecule has 0 atom stereocenters. The van der Waals surface area contributed by atoms with E-state index in [1.54, 1.807) is 44.2 Å². The first-order valence-electron chi connectivity index (χ1n) is 10.0. The van der Waals surface area contributed by atoms with E-state index in [1.165, 1.54) is 11.3 Å². The zero-order chi connectivity index (χ0) is 23.8. The molecule has 0 saturated heterocycles. The van der Waals surface area contributed by atoms with Crippen molar-refractivity contribution in [2.75, 3.05) is 23.8 Å². The first kappa shape index (κ1) is 24.1. The van der Waals surface area contributed by atoms with Crippen molar-refractivity contribution in [1.29, 1.82) is 0 Å². The van der Waals surface area contributed by atoms with Crippen LogP contribution in [0.1, 0.15) is 38.1 Å². The quantitative estimate of drug-likeness (QED) is 0.437. The number of hydrogen-bond acceptors (Lipinski definition) is 8. The fraction of sp³-hybridized carbons (Fsp3) is 0.217. The summed E-state index contributed by atoms with van der Waals surface area (Å²) in [5.74, 6) is -2.25. The van der Waals surface area contributed by atoms with Gasteiger partial charge in [0, 0.05) is 5.69 Å². The zero-order valence-corrected chi connectivity index (χ0v) is 19.6. The maximum atomic E-state index is 12.8. The van der Waals surface area contributed by atoms with E-state index in [4.69, 9.17) is 9.47 Å². The third-order valence-electron chi connectivity index (χ3n) is 4.41. The Balaban J connectivity index is 1.73. The Labute approximate surface area is 198 Å². The summed E-state index contributed by atoms with van der Waals surface area (Å²) in [6.07, 6.45) is 0.0623. The number of nitrogens with one attached hydrogen (secondary N) is 2. The van der Waals surface area contributed by atoms with Gasteiger partial charge >= 0.3 is 11.9 Å². The van der Waals surface area contributed by atoms with Gasteiger partial charge in [-0.05, 0) is 53.9 Å². The fourth-order valence-electron chi connectivity index (χ4n) is 2.90. The van der Waals surface area contributed by atoms with E-state index >= 15 is 0 Å². The second-order valence-electron chi connectivity index (χ2n) is 6.82. The molecule has 0 fully saturated rings. The van der Waals surface area contributed by atoms with Crippen LogP contribution in [0.15, 0.2) is 47.2 Å². The molecule has 0 aliphatic heterocycles. The molecule has 33 heavy (non-hydrogen) atoms. The molecule has 0 bridgehead atoms. The van der Waals surface area contributed by atoms with Gasteiger partial charge in [-0.25, -0.2) is 4.79 Å². The lowest BCUT2D eigenvalue weighted by molar-refractivity contribution is -0.146. The van der Waals surface area contributed by atoms with Crippen molar-refractivity contribution < 1.29 is 28.7 Å². The van der Waals surface area contributed by atoms with Crippen LogP contribution in [0.2, 0.25) is 0 Å². The van der Waals surface area contributed by atoms with E-state index in [2.05, 4.69) is 10.6 Å². The summed E-state index contributed by atoms with van der Waals surface area (Å²) in [6, 6.07) is 10.7. The van der Waals surface area contributed by atoms with Gasteiger partial charge in [0.05, 0.1) is 23.5 Å². The highest BCUT2D eigenvalue weighted by Gasteiger charge is 2.27. The van der Waals surface area contributed by atoms with Crippen LogP contribution in [0.25, 0.3) is 0 Å². The summed E-state index contributed by atoms with van der Waals surface area (Å²) < 4.78 is 10.1. The lowest BCUT2D eigenvalue weighted by Gasteiger charge is -2.08. The lowest BCUT2D eigenvalue weighted by atomic mass is 10.1. The van der Waals surface area contributed by atoms with Crippen LogP contribution < -0.4 is 10.6 Å². The fourth-order valence-corrected chi connectivity index (χ4v) is 4.67. The monoisotopic (exact) mass is 486 g/mol. The van der Waals surface area contributed by atoms with E-state index in [0.29, 0.717) is 11.3 Å². The summed E-state index contributed by atoms with van der Waals surface area (Å²) in [7, 11) is 0. The Hall–Kier alpha value is -3.50. The minimum Gasteiger partial charge on any atom is -0.462 e. The standard InChI is InChI=1S/C23H22N2O6S2/c1-3-30-23(29)19-14(2)20(21(28)24-16-7-5-4-6-8-16)33-22(19)25-17(26)12-31-18(27)11-15-9-10-32-13-15/h4-10,13H,3,11-12H2,1-2H3,(H,24,28)(H,25,26). The van der Waals surface area contributed by atoms with Crippen molar-refractivity contribution >= 4 is 57.1 Å². The highest BCUT2D eigenvalue weighted by Crippen LogP contribution is 2.34. The number of amides is 2. The topological polar surface area (TPSA) is 111 Å². The van der Waals surface area contributed by atoms with Crippen LogP contribution in [0.4, 0.5) is 10.7 Å². The predicted octanol–water partition coefficient (Wildman–Crippen LogP) is 4.27. The molecule has 2 N–H and O–H groups in total. The Morgan fingerprint density at radius 1 is 1.00 bits per heavy atom. The minimum absolute atomic E-state index is 0.0623.